The Morgan fingerprint density at radius 1 is 0.931 bits per heavy atom. The van der Waals surface area contributed by atoms with E-state index in [1.54, 1.807) is 20.4 Å². The SMILES string of the molecule is COc1ccc(CCNc2nncc(Nc3c(C)cc(C)cc3C)n2)cc1OC. The molecule has 0 unspecified atom stereocenters. The molecule has 2 N–H and O–H groups in total. The highest BCUT2D eigenvalue weighted by molar-refractivity contribution is 5.65. The van der Waals surface area contributed by atoms with Crippen LogP contribution in [0.25, 0.3) is 0 Å². The van der Waals surface area contributed by atoms with Crippen LogP contribution >= 0.6 is 0 Å². The predicted molar refractivity (Wildman–Crippen MR) is 116 cm³/mol. The summed E-state index contributed by atoms with van der Waals surface area (Å²) in [6.07, 6.45) is 2.41. The summed E-state index contributed by atoms with van der Waals surface area (Å²) >= 11 is 0. The fraction of sp³-hybridized carbons (Fsp3) is 0.318. The van der Waals surface area contributed by atoms with E-state index in [-0.39, 0.29) is 0 Å². The molecule has 29 heavy (non-hydrogen) atoms. The molecule has 0 aliphatic heterocycles. The number of ether oxygens (including phenoxy) is 2. The Morgan fingerprint density at radius 2 is 1.66 bits per heavy atom. The van der Waals surface area contributed by atoms with Crippen molar-refractivity contribution in [2.24, 2.45) is 0 Å². The van der Waals surface area contributed by atoms with Gasteiger partial charge in [0.1, 0.15) is 0 Å². The third-order valence-corrected chi connectivity index (χ3v) is 4.63. The molecular weight excluding hydrogens is 366 g/mol. The Hall–Kier alpha value is -3.35. The highest BCUT2D eigenvalue weighted by atomic mass is 16.5. The zero-order chi connectivity index (χ0) is 20.8. The molecule has 0 spiro atoms. The summed E-state index contributed by atoms with van der Waals surface area (Å²) in [4.78, 5) is 4.52. The van der Waals surface area contributed by atoms with Crippen LogP contribution in [0.5, 0.6) is 11.5 Å². The lowest BCUT2D eigenvalue weighted by Gasteiger charge is -2.13. The van der Waals surface area contributed by atoms with Crippen molar-refractivity contribution in [3.05, 3.63) is 58.8 Å². The number of nitrogens with one attached hydrogen (secondary N) is 2. The summed E-state index contributed by atoms with van der Waals surface area (Å²) in [6, 6.07) is 10.2. The van der Waals surface area contributed by atoms with Gasteiger partial charge in [-0.25, -0.2) is 0 Å². The van der Waals surface area contributed by atoms with E-state index in [1.165, 1.54) is 16.7 Å². The highest BCUT2D eigenvalue weighted by Crippen LogP contribution is 2.28. The van der Waals surface area contributed by atoms with E-state index < -0.39 is 0 Å². The first-order chi connectivity index (χ1) is 14.0. The van der Waals surface area contributed by atoms with Gasteiger partial charge in [0.25, 0.3) is 0 Å². The predicted octanol–water partition coefficient (Wildman–Crippen LogP) is 4.21. The third kappa shape index (κ3) is 5.13. The minimum Gasteiger partial charge on any atom is -0.493 e. The van der Waals surface area contributed by atoms with Crippen molar-refractivity contribution in [3.63, 3.8) is 0 Å². The van der Waals surface area contributed by atoms with Crippen molar-refractivity contribution in [1.29, 1.82) is 0 Å². The fourth-order valence-corrected chi connectivity index (χ4v) is 3.30. The maximum absolute atomic E-state index is 5.35. The molecule has 0 bridgehead atoms. The van der Waals surface area contributed by atoms with Crippen molar-refractivity contribution in [3.8, 4) is 11.5 Å². The van der Waals surface area contributed by atoms with Crippen molar-refractivity contribution in [2.45, 2.75) is 27.2 Å². The maximum atomic E-state index is 5.35. The van der Waals surface area contributed by atoms with E-state index in [0.717, 1.165) is 29.2 Å². The summed E-state index contributed by atoms with van der Waals surface area (Å²) in [5, 5.41) is 14.7. The molecule has 3 aromatic rings. The Balaban J connectivity index is 1.63. The molecule has 0 saturated carbocycles. The van der Waals surface area contributed by atoms with Gasteiger partial charge in [0, 0.05) is 12.2 Å². The first-order valence-corrected chi connectivity index (χ1v) is 9.49. The molecule has 0 fully saturated rings. The van der Waals surface area contributed by atoms with Crippen LogP contribution in [0, 0.1) is 20.8 Å². The van der Waals surface area contributed by atoms with Gasteiger partial charge in [-0.3, -0.25) is 0 Å². The van der Waals surface area contributed by atoms with E-state index >= 15 is 0 Å². The van der Waals surface area contributed by atoms with Gasteiger partial charge in [-0.2, -0.15) is 10.1 Å². The van der Waals surface area contributed by atoms with E-state index in [2.05, 4.69) is 58.7 Å². The van der Waals surface area contributed by atoms with Crippen LogP contribution in [0.1, 0.15) is 22.3 Å². The van der Waals surface area contributed by atoms with Gasteiger partial charge in [0.05, 0.1) is 20.4 Å². The van der Waals surface area contributed by atoms with Crippen molar-refractivity contribution in [1.82, 2.24) is 15.2 Å². The first-order valence-electron chi connectivity index (χ1n) is 9.49. The summed E-state index contributed by atoms with van der Waals surface area (Å²) in [7, 11) is 3.26. The molecule has 3 rings (SSSR count). The van der Waals surface area contributed by atoms with Crippen LogP contribution in [-0.4, -0.2) is 35.9 Å². The van der Waals surface area contributed by atoms with E-state index in [0.29, 0.717) is 18.3 Å². The van der Waals surface area contributed by atoms with E-state index in [9.17, 15) is 0 Å². The van der Waals surface area contributed by atoms with E-state index in [4.69, 9.17) is 9.47 Å². The molecule has 0 amide bonds. The van der Waals surface area contributed by atoms with Crippen LogP contribution in [0.4, 0.5) is 17.5 Å². The molecule has 0 saturated heterocycles. The molecule has 7 heteroatoms. The molecule has 1 aromatic heterocycles. The average Bonchev–Trinajstić information content (AvgIpc) is 2.71. The second-order valence-electron chi connectivity index (χ2n) is 6.93. The number of hydrogen-bond donors (Lipinski definition) is 2. The van der Waals surface area contributed by atoms with Crippen molar-refractivity contribution in [2.75, 3.05) is 31.4 Å². The lowest BCUT2D eigenvalue weighted by Crippen LogP contribution is -2.10. The van der Waals surface area contributed by atoms with Gasteiger partial charge >= 0.3 is 0 Å². The lowest BCUT2D eigenvalue weighted by atomic mass is 10.1. The molecule has 0 atom stereocenters. The molecule has 0 radical (unpaired) electrons. The Kier molecular flexibility index (Phi) is 6.49. The Morgan fingerprint density at radius 3 is 2.34 bits per heavy atom. The Labute approximate surface area is 171 Å². The van der Waals surface area contributed by atoms with Crippen molar-refractivity contribution < 1.29 is 9.47 Å². The smallest absolute Gasteiger partial charge is 0.244 e. The number of methoxy groups -OCH3 is 2. The van der Waals surface area contributed by atoms with E-state index in [1.807, 2.05) is 18.2 Å². The molecule has 0 aliphatic rings. The second kappa shape index (κ2) is 9.23. The summed E-state index contributed by atoms with van der Waals surface area (Å²) in [5.74, 6) is 2.58. The maximum Gasteiger partial charge on any atom is 0.244 e. The van der Waals surface area contributed by atoms with Crippen molar-refractivity contribution >= 4 is 17.5 Å². The fourth-order valence-electron chi connectivity index (χ4n) is 3.30. The van der Waals surface area contributed by atoms with Gasteiger partial charge in [-0.1, -0.05) is 23.8 Å². The minimum absolute atomic E-state index is 0.484. The standard InChI is InChI=1S/C22H27N5O2/c1-14-10-15(2)21(16(3)11-14)25-20-13-24-27-22(26-20)23-9-8-17-6-7-18(28-4)19(12-17)29-5/h6-7,10-13H,8-9H2,1-5H3,(H2,23,25,26,27). The largest absolute Gasteiger partial charge is 0.493 e. The number of aromatic nitrogens is 3. The summed E-state index contributed by atoms with van der Waals surface area (Å²) in [5.41, 5.74) is 5.76. The monoisotopic (exact) mass is 393 g/mol. The second-order valence-corrected chi connectivity index (χ2v) is 6.93. The lowest BCUT2D eigenvalue weighted by molar-refractivity contribution is 0.354. The quantitative estimate of drug-likeness (QED) is 0.593. The highest BCUT2D eigenvalue weighted by Gasteiger charge is 2.08. The van der Waals surface area contributed by atoms with Crippen LogP contribution in [0.2, 0.25) is 0 Å². The van der Waals surface area contributed by atoms with Gasteiger partial charge < -0.3 is 20.1 Å². The topological polar surface area (TPSA) is 81.2 Å². The summed E-state index contributed by atoms with van der Waals surface area (Å²) in [6.45, 7) is 6.93. The average molecular weight is 393 g/mol. The Bertz CT molecular complexity index is 968. The molecule has 152 valence electrons. The molecule has 0 aliphatic carbocycles. The summed E-state index contributed by atoms with van der Waals surface area (Å²) < 4.78 is 10.6. The number of anilines is 3. The van der Waals surface area contributed by atoms with Crippen LogP contribution in [0.3, 0.4) is 0 Å². The van der Waals surface area contributed by atoms with Crippen LogP contribution in [0.15, 0.2) is 36.5 Å². The molecular formula is C22H27N5O2. The molecule has 2 aromatic carbocycles. The zero-order valence-corrected chi connectivity index (χ0v) is 17.5. The normalized spacial score (nSPS) is 10.5. The molecule has 1 heterocycles. The van der Waals surface area contributed by atoms with Crippen LogP contribution in [-0.2, 0) is 6.42 Å². The zero-order valence-electron chi connectivity index (χ0n) is 17.5. The van der Waals surface area contributed by atoms with Gasteiger partial charge in [0.15, 0.2) is 17.3 Å². The number of rotatable bonds is 8. The number of aryl methyl sites for hydroxylation is 3. The van der Waals surface area contributed by atoms with Gasteiger partial charge in [0.2, 0.25) is 5.95 Å². The first kappa shape index (κ1) is 20.4. The van der Waals surface area contributed by atoms with Crippen LogP contribution < -0.4 is 20.1 Å². The van der Waals surface area contributed by atoms with Gasteiger partial charge in [-0.15, -0.1) is 5.10 Å². The number of nitrogens with zero attached hydrogens (tertiary/aromatic N) is 3. The van der Waals surface area contributed by atoms with Gasteiger partial charge in [-0.05, 0) is 56.0 Å². The third-order valence-electron chi connectivity index (χ3n) is 4.63. The number of benzene rings is 2. The number of hydrogen-bond acceptors (Lipinski definition) is 7. The minimum atomic E-state index is 0.484. The molecule has 7 nitrogen and oxygen atoms in total.